The van der Waals surface area contributed by atoms with E-state index in [0.29, 0.717) is 5.56 Å². The van der Waals surface area contributed by atoms with E-state index in [0.717, 1.165) is 25.7 Å². The first-order valence-electron chi connectivity index (χ1n) is 7.50. The van der Waals surface area contributed by atoms with E-state index in [-0.39, 0.29) is 24.4 Å². The third-order valence-corrected chi connectivity index (χ3v) is 4.00. The molecule has 2 amide bonds. The van der Waals surface area contributed by atoms with Gasteiger partial charge in [-0.15, -0.1) is 0 Å². The van der Waals surface area contributed by atoms with Crippen molar-refractivity contribution in [3.8, 4) is 0 Å². The van der Waals surface area contributed by atoms with Crippen molar-refractivity contribution in [2.24, 2.45) is 0 Å². The zero-order chi connectivity index (χ0) is 15.3. The molecule has 3 N–H and O–H groups in total. The second-order valence-electron chi connectivity index (χ2n) is 5.94. The smallest absolute Gasteiger partial charge is 0.315 e. The summed E-state index contributed by atoms with van der Waals surface area (Å²) < 4.78 is 12.9. The fourth-order valence-corrected chi connectivity index (χ4v) is 2.65. The number of nitrogens with one attached hydrogen (secondary N) is 2. The second kappa shape index (κ2) is 6.89. The number of amides is 2. The van der Waals surface area contributed by atoms with Crippen LogP contribution in [0.1, 0.15) is 44.6 Å². The summed E-state index contributed by atoms with van der Waals surface area (Å²) in [4.78, 5) is 11.9. The Hall–Kier alpha value is -1.62. The third kappa shape index (κ3) is 4.70. The van der Waals surface area contributed by atoms with Crippen molar-refractivity contribution < 1.29 is 14.3 Å². The minimum atomic E-state index is -1.22. The highest BCUT2D eigenvalue weighted by Gasteiger charge is 2.24. The summed E-state index contributed by atoms with van der Waals surface area (Å²) >= 11 is 0. The molecule has 1 aromatic carbocycles. The molecule has 1 atom stereocenters. The number of halogens is 1. The maximum atomic E-state index is 12.9. The molecule has 0 aliphatic heterocycles. The van der Waals surface area contributed by atoms with Gasteiger partial charge in [0.05, 0.1) is 6.54 Å². The number of urea groups is 1. The van der Waals surface area contributed by atoms with Gasteiger partial charge in [-0.2, -0.15) is 0 Å². The molecule has 1 saturated carbocycles. The van der Waals surface area contributed by atoms with Crippen molar-refractivity contribution in [1.82, 2.24) is 10.6 Å². The summed E-state index contributed by atoms with van der Waals surface area (Å²) in [6.07, 6.45) is 5.57. The molecule has 0 saturated heterocycles. The summed E-state index contributed by atoms with van der Waals surface area (Å²) in [6.45, 7) is 1.68. The van der Waals surface area contributed by atoms with Gasteiger partial charge in [-0.1, -0.05) is 31.4 Å². The predicted molar refractivity (Wildman–Crippen MR) is 79.4 cm³/mol. The van der Waals surface area contributed by atoms with Gasteiger partial charge in [0, 0.05) is 6.04 Å². The van der Waals surface area contributed by atoms with Crippen LogP contribution in [0.3, 0.4) is 0 Å². The number of rotatable bonds is 4. The van der Waals surface area contributed by atoms with E-state index in [1.165, 1.54) is 30.7 Å². The standard InChI is InChI=1S/C16H23FN2O2/c1-16(21,12-7-9-13(17)10-8-12)11-18-15(20)19-14-5-3-2-4-6-14/h7-10,14,21H,2-6,11H2,1H3,(H2,18,19,20). The summed E-state index contributed by atoms with van der Waals surface area (Å²) in [5.74, 6) is -0.349. The fourth-order valence-electron chi connectivity index (χ4n) is 2.65. The van der Waals surface area contributed by atoms with Crippen LogP contribution in [-0.2, 0) is 5.60 Å². The van der Waals surface area contributed by atoms with E-state index in [1.807, 2.05) is 0 Å². The van der Waals surface area contributed by atoms with E-state index < -0.39 is 5.60 Å². The van der Waals surface area contributed by atoms with Gasteiger partial charge < -0.3 is 15.7 Å². The summed E-state index contributed by atoms with van der Waals surface area (Å²) in [5, 5.41) is 16.0. The highest BCUT2D eigenvalue weighted by atomic mass is 19.1. The number of carbonyl (C=O) groups excluding carboxylic acids is 1. The predicted octanol–water partition coefficient (Wildman–Crippen LogP) is 2.67. The molecule has 5 heteroatoms. The molecule has 1 aromatic rings. The van der Waals surface area contributed by atoms with Crippen LogP contribution < -0.4 is 10.6 Å². The number of aliphatic hydroxyl groups is 1. The molecule has 1 aliphatic carbocycles. The van der Waals surface area contributed by atoms with E-state index >= 15 is 0 Å². The van der Waals surface area contributed by atoms with Gasteiger partial charge >= 0.3 is 6.03 Å². The van der Waals surface area contributed by atoms with Crippen LogP contribution in [-0.4, -0.2) is 23.7 Å². The van der Waals surface area contributed by atoms with Gasteiger partial charge in [0.2, 0.25) is 0 Å². The Bertz CT molecular complexity index is 468. The normalized spacial score (nSPS) is 18.8. The topological polar surface area (TPSA) is 61.4 Å². The second-order valence-corrected chi connectivity index (χ2v) is 5.94. The van der Waals surface area contributed by atoms with Crippen LogP contribution in [0.25, 0.3) is 0 Å². The maximum absolute atomic E-state index is 12.9. The molecule has 116 valence electrons. The molecule has 1 fully saturated rings. The van der Waals surface area contributed by atoms with Crippen LogP contribution in [0.5, 0.6) is 0 Å². The van der Waals surface area contributed by atoms with Crippen LogP contribution >= 0.6 is 0 Å². The van der Waals surface area contributed by atoms with Gasteiger partial charge in [-0.25, -0.2) is 9.18 Å². The maximum Gasteiger partial charge on any atom is 0.315 e. The average Bonchev–Trinajstić information content (AvgIpc) is 2.47. The molecule has 0 heterocycles. The Labute approximate surface area is 124 Å². The first-order valence-corrected chi connectivity index (χ1v) is 7.50. The quantitative estimate of drug-likeness (QED) is 0.799. The SMILES string of the molecule is CC(O)(CNC(=O)NC1CCCCC1)c1ccc(F)cc1. The highest BCUT2D eigenvalue weighted by Crippen LogP contribution is 2.20. The van der Waals surface area contributed by atoms with Gasteiger partial charge in [0.25, 0.3) is 0 Å². The lowest BCUT2D eigenvalue weighted by Crippen LogP contribution is -2.47. The number of hydrogen-bond donors (Lipinski definition) is 3. The molecule has 2 rings (SSSR count). The first kappa shape index (κ1) is 15.8. The van der Waals surface area contributed by atoms with Gasteiger partial charge in [0.15, 0.2) is 0 Å². The zero-order valence-electron chi connectivity index (χ0n) is 12.4. The average molecular weight is 294 g/mol. The largest absolute Gasteiger partial charge is 0.384 e. The van der Waals surface area contributed by atoms with E-state index in [9.17, 15) is 14.3 Å². The van der Waals surface area contributed by atoms with Crippen LogP contribution in [0, 0.1) is 5.82 Å². The summed E-state index contributed by atoms with van der Waals surface area (Å²) in [6, 6.07) is 5.61. The molecular weight excluding hydrogens is 271 g/mol. The van der Waals surface area contributed by atoms with Gasteiger partial charge in [-0.3, -0.25) is 0 Å². The van der Waals surface area contributed by atoms with Crippen molar-refractivity contribution in [3.63, 3.8) is 0 Å². The number of hydrogen-bond acceptors (Lipinski definition) is 2. The number of carbonyl (C=O) groups is 1. The van der Waals surface area contributed by atoms with Crippen LogP contribution in [0.4, 0.5) is 9.18 Å². The lowest BCUT2D eigenvalue weighted by atomic mass is 9.95. The van der Waals surface area contributed by atoms with Gasteiger partial charge in [-0.05, 0) is 37.5 Å². The lowest BCUT2D eigenvalue weighted by molar-refractivity contribution is 0.0591. The van der Waals surface area contributed by atoms with Gasteiger partial charge in [0.1, 0.15) is 11.4 Å². The van der Waals surface area contributed by atoms with Crippen molar-refractivity contribution in [2.45, 2.75) is 50.7 Å². The molecule has 4 nitrogen and oxygen atoms in total. The number of benzene rings is 1. The van der Waals surface area contributed by atoms with Crippen molar-refractivity contribution >= 4 is 6.03 Å². The molecule has 0 aromatic heterocycles. The molecule has 21 heavy (non-hydrogen) atoms. The lowest BCUT2D eigenvalue weighted by Gasteiger charge is -2.26. The van der Waals surface area contributed by atoms with Crippen molar-refractivity contribution in [3.05, 3.63) is 35.6 Å². The fraction of sp³-hybridized carbons (Fsp3) is 0.562. The van der Waals surface area contributed by atoms with Crippen LogP contribution in [0.2, 0.25) is 0 Å². The van der Waals surface area contributed by atoms with Crippen molar-refractivity contribution in [1.29, 1.82) is 0 Å². The Morgan fingerprint density at radius 3 is 2.52 bits per heavy atom. The van der Waals surface area contributed by atoms with Crippen molar-refractivity contribution in [2.75, 3.05) is 6.54 Å². The molecule has 1 unspecified atom stereocenters. The zero-order valence-corrected chi connectivity index (χ0v) is 12.4. The summed E-state index contributed by atoms with van der Waals surface area (Å²) in [5.41, 5.74) is -0.653. The summed E-state index contributed by atoms with van der Waals surface area (Å²) in [7, 11) is 0. The molecule has 0 radical (unpaired) electrons. The van der Waals surface area contributed by atoms with E-state index in [1.54, 1.807) is 6.92 Å². The first-order chi connectivity index (χ1) is 9.97. The molecule has 0 spiro atoms. The minimum Gasteiger partial charge on any atom is -0.384 e. The monoisotopic (exact) mass is 294 g/mol. The van der Waals surface area contributed by atoms with E-state index in [4.69, 9.17) is 0 Å². The Morgan fingerprint density at radius 1 is 1.29 bits per heavy atom. The minimum absolute atomic E-state index is 0.0805. The Balaban J connectivity index is 1.82. The van der Waals surface area contributed by atoms with E-state index in [2.05, 4.69) is 10.6 Å². The molecule has 0 bridgehead atoms. The van der Waals surface area contributed by atoms with Crippen LogP contribution in [0.15, 0.2) is 24.3 Å². The highest BCUT2D eigenvalue weighted by molar-refractivity contribution is 5.74. The molecular formula is C16H23FN2O2. The molecule has 1 aliphatic rings. The Morgan fingerprint density at radius 2 is 1.90 bits per heavy atom. The Kier molecular flexibility index (Phi) is 5.17. The third-order valence-electron chi connectivity index (χ3n) is 4.00.